The Morgan fingerprint density at radius 3 is 2.29 bits per heavy atom. The van der Waals surface area contributed by atoms with Gasteiger partial charge in [-0.05, 0) is 36.5 Å². The van der Waals surface area contributed by atoms with Gasteiger partial charge in [0, 0.05) is 32.7 Å². The highest BCUT2D eigenvalue weighted by atomic mass is 16.5. The predicted molar refractivity (Wildman–Crippen MR) is 133 cm³/mol. The van der Waals surface area contributed by atoms with Gasteiger partial charge in [0.05, 0.1) is 13.2 Å². The quantitative estimate of drug-likeness (QED) is 0.322. The van der Waals surface area contributed by atoms with E-state index in [-0.39, 0.29) is 11.4 Å². The van der Waals surface area contributed by atoms with Crippen LogP contribution in [0.25, 0.3) is 0 Å². The molecule has 0 radical (unpaired) electrons. The van der Waals surface area contributed by atoms with E-state index in [1.165, 1.54) is 0 Å². The third-order valence-corrected chi connectivity index (χ3v) is 5.07. The summed E-state index contributed by atoms with van der Waals surface area (Å²) in [5.74, 6) is -0.306. The smallest absolute Gasteiger partial charge is 0.333 e. The summed E-state index contributed by atoms with van der Waals surface area (Å²) in [6.07, 6.45) is 2.76. The molecule has 194 valence electrons. The molecule has 0 heterocycles. The van der Waals surface area contributed by atoms with Crippen molar-refractivity contribution in [2.45, 2.75) is 66.4 Å². The molecular formula is C26H44N2O6. The van der Waals surface area contributed by atoms with Gasteiger partial charge in [0.2, 0.25) is 0 Å². The van der Waals surface area contributed by atoms with Crippen LogP contribution in [0.5, 0.6) is 5.75 Å². The molecular weight excluding hydrogens is 436 g/mol. The molecule has 1 aromatic rings. The summed E-state index contributed by atoms with van der Waals surface area (Å²) >= 11 is 0. The van der Waals surface area contributed by atoms with Crippen molar-refractivity contribution in [3.05, 3.63) is 29.8 Å². The van der Waals surface area contributed by atoms with Gasteiger partial charge < -0.3 is 29.5 Å². The summed E-state index contributed by atoms with van der Waals surface area (Å²) in [7, 11) is 0. The maximum atomic E-state index is 12.7. The number of carbonyl (C=O) groups is 2. The molecule has 8 heteroatoms. The molecule has 0 fully saturated rings. The van der Waals surface area contributed by atoms with Crippen molar-refractivity contribution in [1.82, 2.24) is 10.2 Å². The highest BCUT2D eigenvalue weighted by Crippen LogP contribution is 2.15. The summed E-state index contributed by atoms with van der Waals surface area (Å²) in [5, 5.41) is 12.2. The minimum atomic E-state index is -0.971. The summed E-state index contributed by atoms with van der Waals surface area (Å²) in [6.45, 7) is 13.6. The Morgan fingerprint density at radius 1 is 1.03 bits per heavy atom. The Bertz CT molecular complexity index is 702. The van der Waals surface area contributed by atoms with E-state index < -0.39 is 12.1 Å². The molecule has 34 heavy (non-hydrogen) atoms. The fraction of sp³-hybridized carbons (Fsp3) is 0.692. The summed E-state index contributed by atoms with van der Waals surface area (Å²) in [4.78, 5) is 25.7. The first-order valence-corrected chi connectivity index (χ1v) is 12.3. The highest BCUT2D eigenvalue weighted by molar-refractivity contribution is 5.74. The zero-order valence-corrected chi connectivity index (χ0v) is 21.6. The molecule has 0 bridgehead atoms. The van der Waals surface area contributed by atoms with Crippen molar-refractivity contribution in [1.29, 1.82) is 0 Å². The van der Waals surface area contributed by atoms with E-state index in [1.807, 2.05) is 12.1 Å². The first-order valence-electron chi connectivity index (χ1n) is 12.3. The van der Waals surface area contributed by atoms with Crippen LogP contribution in [-0.2, 0) is 20.7 Å². The normalized spacial score (nSPS) is 12.3. The van der Waals surface area contributed by atoms with Crippen molar-refractivity contribution in [3.63, 3.8) is 0 Å². The van der Waals surface area contributed by atoms with Crippen molar-refractivity contribution in [3.8, 4) is 5.75 Å². The SMILES string of the molecule is CCCCCOCCN(CCOc1ccc(CC(OCC)C(=O)O)cc1)C(=O)NCC(C)(C)C. The van der Waals surface area contributed by atoms with E-state index in [2.05, 4.69) is 33.0 Å². The number of nitrogens with zero attached hydrogens (tertiary/aromatic N) is 1. The van der Waals surface area contributed by atoms with Crippen LogP contribution < -0.4 is 10.1 Å². The van der Waals surface area contributed by atoms with Crippen LogP contribution in [0.2, 0.25) is 0 Å². The summed E-state index contributed by atoms with van der Waals surface area (Å²) in [5.41, 5.74) is 0.856. The van der Waals surface area contributed by atoms with Crippen molar-refractivity contribution >= 4 is 12.0 Å². The molecule has 1 atom stereocenters. The maximum absolute atomic E-state index is 12.7. The van der Waals surface area contributed by atoms with Crippen LogP contribution in [0.15, 0.2) is 24.3 Å². The second kappa shape index (κ2) is 16.3. The largest absolute Gasteiger partial charge is 0.492 e. The lowest BCUT2D eigenvalue weighted by molar-refractivity contribution is -0.149. The number of rotatable bonds is 17. The van der Waals surface area contributed by atoms with Gasteiger partial charge >= 0.3 is 12.0 Å². The number of nitrogens with one attached hydrogen (secondary N) is 1. The van der Waals surface area contributed by atoms with Crippen molar-refractivity contribution in [2.24, 2.45) is 5.41 Å². The minimum Gasteiger partial charge on any atom is -0.492 e. The van der Waals surface area contributed by atoms with Gasteiger partial charge in [0.1, 0.15) is 12.4 Å². The van der Waals surface area contributed by atoms with Crippen molar-refractivity contribution in [2.75, 3.05) is 46.1 Å². The molecule has 1 unspecified atom stereocenters. The molecule has 2 amide bonds. The number of carbonyl (C=O) groups excluding carboxylic acids is 1. The van der Waals surface area contributed by atoms with Crippen LogP contribution in [-0.4, -0.2) is 74.2 Å². The number of hydrogen-bond donors (Lipinski definition) is 2. The molecule has 0 saturated carbocycles. The van der Waals surface area contributed by atoms with Gasteiger partial charge in [-0.2, -0.15) is 0 Å². The third kappa shape index (κ3) is 13.4. The topological polar surface area (TPSA) is 97.3 Å². The number of aliphatic carboxylic acids is 1. The molecule has 0 aliphatic carbocycles. The molecule has 1 rings (SSSR count). The molecule has 0 aliphatic rings. The van der Waals surface area contributed by atoms with Gasteiger partial charge in [0.15, 0.2) is 6.10 Å². The third-order valence-electron chi connectivity index (χ3n) is 5.07. The van der Waals surface area contributed by atoms with Crippen LogP contribution in [0.1, 0.15) is 59.4 Å². The van der Waals surface area contributed by atoms with Crippen LogP contribution in [0.4, 0.5) is 4.79 Å². The zero-order valence-electron chi connectivity index (χ0n) is 21.6. The van der Waals surface area contributed by atoms with E-state index in [0.717, 1.165) is 24.8 Å². The van der Waals surface area contributed by atoms with Gasteiger partial charge in [-0.3, -0.25) is 0 Å². The molecule has 0 saturated heterocycles. The molecule has 0 aliphatic heterocycles. The average Bonchev–Trinajstić information content (AvgIpc) is 2.78. The number of hydrogen-bond acceptors (Lipinski definition) is 5. The predicted octanol–water partition coefficient (Wildman–Crippen LogP) is 4.36. The summed E-state index contributed by atoms with van der Waals surface area (Å²) in [6, 6.07) is 7.16. The molecule has 8 nitrogen and oxygen atoms in total. The van der Waals surface area contributed by atoms with E-state index in [1.54, 1.807) is 24.0 Å². The fourth-order valence-electron chi connectivity index (χ4n) is 3.13. The van der Waals surface area contributed by atoms with Crippen LogP contribution in [0, 0.1) is 5.41 Å². The zero-order chi connectivity index (χ0) is 25.4. The second-order valence-corrected chi connectivity index (χ2v) is 9.50. The molecule has 2 N–H and O–H groups in total. The Balaban J connectivity index is 2.56. The number of carboxylic acid groups (broad SMARTS) is 1. The lowest BCUT2D eigenvalue weighted by Gasteiger charge is -2.26. The number of unbranched alkanes of at least 4 members (excludes halogenated alkanes) is 2. The second-order valence-electron chi connectivity index (χ2n) is 9.50. The fourth-order valence-corrected chi connectivity index (χ4v) is 3.13. The highest BCUT2D eigenvalue weighted by Gasteiger charge is 2.19. The molecule has 1 aromatic carbocycles. The molecule has 0 spiro atoms. The van der Waals surface area contributed by atoms with E-state index in [9.17, 15) is 14.7 Å². The number of urea groups is 1. The Hall–Kier alpha value is -2.32. The van der Waals surface area contributed by atoms with E-state index in [4.69, 9.17) is 14.2 Å². The lowest BCUT2D eigenvalue weighted by atomic mass is 9.97. The number of amides is 2. The number of ether oxygens (including phenoxy) is 3. The Morgan fingerprint density at radius 2 is 1.71 bits per heavy atom. The maximum Gasteiger partial charge on any atom is 0.333 e. The monoisotopic (exact) mass is 480 g/mol. The minimum absolute atomic E-state index is 0.00194. The standard InChI is InChI=1S/C26H44N2O6/c1-6-8-9-16-32-17-14-28(25(31)27-20-26(3,4)5)15-18-34-22-12-10-21(11-13-22)19-23(24(29)30)33-7-2/h10-13,23H,6-9,14-20H2,1-5H3,(H,27,31)(H,29,30). The number of carboxylic acids is 1. The van der Waals surface area contributed by atoms with Gasteiger partial charge in [-0.25, -0.2) is 9.59 Å². The van der Waals surface area contributed by atoms with Crippen LogP contribution >= 0.6 is 0 Å². The number of benzene rings is 1. The summed E-state index contributed by atoms with van der Waals surface area (Å²) < 4.78 is 16.8. The first kappa shape index (κ1) is 29.7. The Labute approximate surface area is 204 Å². The molecule has 0 aromatic heterocycles. The van der Waals surface area contributed by atoms with E-state index in [0.29, 0.717) is 58.2 Å². The van der Waals surface area contributed by atoms with Crippen molar-refractivity contribution < 1.29 is 28.9 Å². The van der Waals surface area contributed by atoms with Crippen LogP contribution in [0.3, 0.4) is 0 Å². The van der Waals surface area contributed by atoms with Gasteiger partial charge in [0.25, 0.3) is 0 Å². The first-order chi connectivity index (χ1) is 16.2. The van der Waals surface area contributed by atoms with E-state index >= 15 is 0 Å². The Kier molecular flexibility index (Phi) is 14.3. The van der Waals surface area contributed by atoms with Gasteiger partial charge in [-0.15, -0.1) is 0 Å². The lowest BCUT2D eigenvalue weighted by Crippen LogP contribution is -2.46. The average molecular weight is 481 g/mol. The van der Waals surface area contributed by atoms with Gasteiger partial charge in [-0.1, -0.05) is 52.7 Å².